The van der Waals surface area contributed by atoms with E-state index >= 15 is 0 Å². The molecule has 0 aliphatic carbocycles. The first-order chi connectivity index (χ1) is 14.7. The van der Waals surface area contributed by atoms with E-state index in [-0.39, 0.29) is 29.0 Å². The zero-order chi connectivity index (χ0) is 22.2. The first kappa shape index (κ1) is 20.6. The fourth-order valence-electron chi connectivity index (χ4n) is 2.84. The molecule has 0 spiro atoms. The lowest BCUT2D eigenvalue weighted by molar-refractivity contribution is 0.291. The van der Waals surface area contributed by atoms with Gasteiger partial charge in [0.05, 0.1) is 22.3 Å². The highest BCUT2D eigenvalue weighted by atomic mass is 32.2. The maximum absolute atomic E-state index is 13.4. The molecule has 0 fully saturated rings. The van der Waals surface area contributed by atoms with E-state index in [0.29, 0.717) is 16.8 Å². The Morgan fingerprint density at radius 1 is 1.16 bits per heavy atom. The van der Waals surface area contributed by atoms with Crippen molar-refractivity contribution in [2.24, 2.45) is 12.2 Å². The van der Waals surface area contributed by atoms with Gasteiger partial charge in [0.2, 0.25) is 15.8 Å². The summed E-state index contributed by atoms with van der Waals surface area (Å²) in [7, 11) is -2.24. The summed E-state index contributed by atoms with van der Waals surface area (Å²) in [6.45, 7) is -0.0760. The topological polar surface area (TPSA) is 126 Å². The number of hydrogen-bond acceptors (Lipinski definition) is 7. The van der Waals surface area contributed by atoms with E-state index in [4.69, 9.17) is 14.4 Å². The van der Waals surface area contributed by atoms with Gasteiger partial charge < -0.3 is 9.26 Å². The molecule has 0 saturated heterocycles. The molecule has 0 atom stereocenters. The summed E-state index contributed by atoms with van der Waals surface area (Å²) in [5, 5.41) is 13.2. The predicted molar refractivity (Wildman–Crippen MR) is 104 cm³/mol. The van der Waals surface area contributed by atoms with Crippen molar-refractivity contribution in [2.45, 2.75) is 11.5 Å². The summed E-state index contributed by atoms with van der Waals surface area (Å²) in [4.78, 5) is 4.20. The number of sulfonamides is 1. The number of primary sulfonamides is 1. The van der Waals surface area contributed by atoms with Crippen molar-refractivity contribution in [3.05, 3.63) is 66.0 Å². The summed E-state index contributed by atoms with van der Waals surface area (Å²) in [6, 6.07) is 8.65. The molecule has 0 aliphatic rings. The first-order valence-electron chi connectivity index (χ1n) is 8.78. The van der Waals surface area contributed by atoms with Gasteiger partial charge in [-0.05, 0) is 12.1 Å². The number of aryl methyl sites for hydroxylation is 1. The van der Waals surface area contributed by atoms with Crippen LogP contribution in [0.3, 0.4) is 0 Å². The summed E-state index contributed by atoms with van der Waals surface area (Å²) in [5.74, 6) is -1.26. The average molecular weight is 447 g/mol. The molecule has 9 nitrogen and oxygen atoms in total. The highest BCUT2D eigenvalue weighted by Gasteiger charge is 2.19. The van der Waals surface area contributed by atoms with E-state index < -0.39 is 21.7 Å². The number of ether oxygens (including phenoxy) is 1. The minimum absolute atomic E-state index is 0.00989. The Morgan fingerprint density at radius 2 is 1.90 bits per heavy atom. The van der Waals surface area contributed by atoms with Crippen molar-refractivity contribution in [1.29, 1.82) is 0 Å². The molecule has 2 aromatic carbocycles. The van der Waals surface area contributed by atoms with Gasteiger partial charge in [0.15, 0.2) is 0 Å². The fraction of sp³-hybridized carbons (Fsp3) is 0.105. The van der Waals surface area contributed by atoms with E-state index in [9.17, 15) is 17.2 Å². The lowest BCUT2D eigenvalue weighted by Crippen LogP contribution is -2.11. The monoisotopic (exact) mass is 447 g/mol. The molecule has 0 radical (unpaired) electrons. The van der Waals surface area contributed by atoms with Crippen LogP contribution in [0.15, 0.2) is 58.1 Å². The number of nitrogens with zero attached hydrogens (tertiary/aromatic N) is 4. The molecule has 0 saturated carbocycles. The third kappa shape index (κ3) is 4.44. The quantitative estimate of drug-likeness (QED) is 0.481. The summed E-state index contributed by atoms with van der Waals surface area (Å²) < 4.78 is 62.1. The lowest BCUT2D eigenvalue weighted by Gasteiger charge is -2.08. The number of halogens is 2. The van der Waals surface area contributed by atoms with E-state index in [2.05, 4.69) is 15.2 Å². The van der Waals surface area contributed by atoms with Crippen LogP contribution in [-0.2, 0) is 23.7 Å². The number of benzene rings is 2. The van der Waals surface area contributed by atoms with Gasteiger partial charge in [-0.25, -0.2) is 22.3 Å². The maximum atomic E-state index is 13.4. The van der Waals surface area contributed by atoms with E-state index in [1.54, 1.807) is 13.1 Å². The third-order valence-electron chi connectivity index (χ3n) is 4.35. The second-order valence-electron chi connectivity index (χ2n) is 6.52. The predicted octanol–water partition coefficient (Wildman–Crippen LogP) is 2.64. The Hall–Kier alpha value is -3.64. The van der Waals surface area contributed by atoms with Gasteiger partial charge in [-0.1, -0.05) is 17.3 Å². The molecule has 2 aromatic heterocycles. The summed E-state index contributed by atoms with van der Waals surface area (Å²) in [6.07, 6.45) is 1.48. The number of rotatable bonds is 6. The van der Waals surface area contributed by atoms with Crippen molar-refractivity contribution >= 4 is 10.0 Å². The van der Waals surface area contributed by atoms with Crippen LogP contribution >= 0.6 is 0 Å². The Kier molecular flexibility index (Phi) is 5.25. The highest BCUT2D eigenvalue weighted by Crippen LogP contribution is 2.27. The molecule has 4 aromatic rings. The normalized spacial score (nSPS) is 11.6. The molecule has 4 rings (SSSR count). The zero-order valence-corrected chi connectivity index (χ0v) is 16.8. The van der Waals surface area contributed by atoms with Gasteiger partial charge in [0, 0.05) is 30.8 Å². The molecule has 31 heavy (non-hydrogen) atoms. The Labute approximate surface area is 175 Å². The van der Waals surface area contributed by atoms with Crippen molar-refractivity contribution in [3.8, 4) is 28.6 Å². The van der Waals surface area contributed by atoms with Crippen LogP contribution in [0.2, 0.25) is 0 Å². The molecule has 0 amide bonds. The molecule has 2 N–H and O–H groups in total. The third-order valence-corrected chi connectivity index (χ3v) is 5.26. The maximum Gasteiger partial charge on any atom is 0.261 e. The van der Waals surface area contributed by atoms with E-state index in [1.807, 2.05) is 0 Å². The van der Waals surface area contributed by atoms with Crippen molar-refractivity contribution in [3.63, 3.8) is 0 Å². The van der Waals surface area contributed by atoms with Gasteiger partial charge in [-0.2, -0.15) is 10.1 Å². The van der Waals surface area contributed by atoms with Gasteiger partial charge in [0.25, 0.3) is 5.89 Å². The van der Waals surface area contributed by atoms with E-state index in [0.717, 1.165) is 18.2 Å². The van der Waals surface area contributed by atoms with Crippen LogP contribution in [0.25, 0.3) is 22.8 Å². The molecule has 2 heterocycles. The number of nitrogens with two attached hydrogens (primary N) is 1. The van der Waals surface area contributed by atoms with Gasteiger partial charge in [-0.3, -0.25) is 4.68 Å². The molecule has 160 valence electrons. The number of hydrogen-bond donors (Lipinski definition) is 1. The van der Waals surface area contributed by atoms with Crippen LogP contribution in [-0.4, -0.2) is 28.3 Å². The lowest BCUT2D eigenvalue weighted by atomic mass is 10.2. The summed E-state index contributed by atoms with van der Waals surface area (Å²) >= 11 is 0. The number of aromatic nitrogens is 4. The smallest absolute Gasteiger partial charge is 0.261 e. The molecule has 0 unspecified atom stereocenters. The molecular weight excluding hydrogens is 432 g/mol. The van der Waals surface area contributed by atoms with Crippen LogP contribution in [0, 0.1) is 11.6 Å². The minimum atomic E-state index is -3.89. The Bertz CT molecular complexity index is 1350. The zero-order valence-electron chi connectivity index (χ0n) is 16.0. The van der Waals surface area contributed by atoms with Crippen molar-refractivity contribution < 1.29 is 26.5 Å². The highest BCUT2D eigenvalue weighted by molar-refractivity contribution is 7.89. The van der Waals surface area contributed by atoms with Gasteiger partial charge in [-0.15, -0.1) is 0 Å². The Morgan fingerprint density at radius 3 is 2.61 bits per heavy atom. The standard InChI is InChI=1S/C19H15F2N5O4S/c1-26-17(10-29-14-7-12(20)6-13(21)8-14)16(9-23-26)19-24-18(25-30-19)11-3-2-4-15(5-11)31(22,27)28/h2-9H,10H2,1H3,(H2,22,27,28). The van der Waals surface area contributed by atoms with Crippen LogP contribution in [0.5, 0.6) is 5.75 Å². The molecular formula is C19H15F2N5O4S. The Balaban J connectivity index is 1.61. The SMILES string of the molecule is Cn1ncc(-c2nc(-c3cccc(S(N)(=O)=O)c3)no2)c1COc1cc(F)cc(F)c1. The van der Waals surface area contributed by atoms with Crippen molar-refractivity contribution in [1.82, 2.24) is 19.9 Å². The van der Waals surface area contributed by atoms with Crippen molar-refractivity contribution in [2.75, 3.05) is 0 Å². The van der Waals surface area contributed by atoms with Crippen LogP contribution in [0.4, 0.5) is 8.78 Å². The molecule has 0 aliphatic heterocycles. The summed E-state index contributed by atoms with van der Waals surface area (Å²) in [5.41, 5.74) is 1.34. The second-order valence-corrected chi connectivity index (χ2v) is 8.08. The largest absolute Gasteiger partial charge is 0.487 e. The van der Waals surface area contributed by atoms with Crippen LogP contribution in [0.1, 0.15) is 5.69 Å². The minimum Gasteiger partial charge on any atom is -0.487 e. The molecule has 0 bridgehead atoms. The average Bonchev–Trinajstić information content (AvgIpc) is 3.32. The fourth-order valence-corrected chi connectivity index (χ4v) is 3.40. The van der Waals surface area contributed by atoms with Gasteiger partial charge >= 0.3 is 0 Å². The van der Waals surface area contributed by atoms with Crippen LogP contribution < -0.4 is 9.88 Å². The van der Waals surface area contributed by atoms with E-state index in [1.165, 1.54) is 29.1 Å². The first-order valence-corrected chi connectivity index (χ1v) is 10.3. The van der Waals surface area contributed by atoms with Gasteiger partial charge in [0.1, 0.15) is 24.0 Å². The molecule has 12 heteroatoms. The second kappa shape index (κ2) is 7.89.